The number of carbonyl (C=O) groups is 1. The Bertz CT molecular complexity index is 1220. The van der Waals surface area contributed by atoms with E-state index in [1.54, 1.807) is 35.2 Å². The minimum atomic E-state index is -0.546. The second-order valence-electron chi connectivity index (χ2n) is 7.16. The highest BCUT2D eigenvalue weighted by molar-refractivity contribution is 7.14. The number of amides is 1. The summed E-state index contributed by atoms with van der Waals surface area (Å²) in [6, 6.07) is 6.87. The van der Waals surface area contributed by atoms with Crippen molar-refractivity contribution in [3.63, 3.8) is 0 Å². The maximum atomic E-state index is 13.3. The van der Waals surface area contributed by atoms with Crippen LogP contribution in [0.4, 0.5) is 9.52 Å². The van der Waals surface area contributed by atoms with Gasteiger partial charge in [-0.1, -0.05) is 0 Å². The lowest BCUT2D eigenvalue weighted by Crippen LogP contribution is -2.17. The highest BCUT2D eigenvalue weighted by atomic mass is 32.1. The van der Waals surface area contributed by atoms with Gasteiger partial charge >= 0.3 is 0 Å². The fraction of sp³-hybridized carbons (Fsp3) is 0.182. The van der Waals surface area contributed by atoms with Gasteiger partial charge in [-0.3, -0.25) is 10.1 Å². The predicted octanol–water partition coefficient (Wildman–Crippen LogP) is 4.73. The van der Waals surface area contributed by atoms with Gasteiger partial charge in [-0.15, -0.1) is 11.3 Å². The summed E-state index contributed by atoms with van der Waals surface area (Å²) in [4.78, 5) is 25.1. The van der Waals surface area contributed by atoms with Gasteiger partial charge < -0.3 is 9.13 Å². The maximum Gasteiger partial charge on any atom is 0.274 e. The third-order valence-electron chi connectivity index (χ3n) is 4.61. The van der Waals surface area contributed by atoms with Crippen LogP contribution in [-0.4, -0.2) is 30.0 Å². The molecule has 0 unspecified atom stereocenters. The van der Waals surface area contributed by atoms with Gasteiger partial charge in [-0.25, -0.2) is 15.0 Å². The summed E-state index contributed by atoms with van der Waals surface area (Å²) >= 11 is 1.35. The summed E-state index contributed by atoms with van der Waals surface area (Å²) in [5.74, 6) is 0.0219. The lowest BCUT2D eigenvalue weighted by Gasteiger charge is -2.09. The molecule has 0 bridgehead atoms. The quantitative estimate of drug-likeness (QED) is 0.425. The molecule has 0 saturated carbocycles. The van der Waals surface area contributed by atoms with Gasteiger partial charge in [0.2, 0.25) is 5.95 Å². The smallest absolute Gasteiger partial charge is 0.274 e. The van der Waals surface area contributed by atoms with E-state index < -0.39 is 5.95 Å². The number of nitrogens with one attached hydrogen (secondary N) is 1. The molecule has 0 radical (unpaired) electrons. The molecule has 0 aliphatic heterocycles. The molecule has 4 aromatic rings. The molecule has 0 fully saturated rings. The highest BCUT2D eigenvalue weighted by Gasteiger charge is 2.13. The summed E-state index contributed by atoms with van der Waals surface area (Å²) in [6.07, 6.45) is 10.7. The van der Waals surface area contributed by atoms with Crippen LogP contribution in [0, 0.1) is 5.95 Å². The van der Waals surface area contributed by atoms with E-state index in [9.17, 15) is 9.18 Å². The van der Waals surface area contributed by atoms with E-state index in [4.69, 9.17) is 0 Å². The highest BCUT2D eigenvalue weighted by Crippen LogP contribution is 2.19. The van der Waals surface area contributed by atoms with Crippen LogP contribution in [0.25, 0.3) is 12.2 Å². The van der Waals surface area contributed by atoms with Crippen molar-refractivity contribution in [3.05, 3.63) is 83.2 Å². The minimum Gasteiger partial charge on any atom is -0.339 e. The molecule has 0 aliphatic rings. The van der Waals surface area contributed by atoms with Crippen molar-refractivity contribution in [2.75, 3.05) is 5.32 Å². The molecule has 158 valence electrons. The van der Waals surface area contributed by atoms with Gasteiger partial charge in [0.05, 0.1) is 5.69 Å². The zero-order valence-corrected chi connectivity index (χ0v) is 17.9. The summed E-state index contributed by atoms with van der Waals surface area (Å²) < 4.78 is 17.2. The predicted molar refractivity (Wildman–Crippen MR) is 119 cm³/mol. The Morgan fingerprint density at radius 3 is 2.90 bits per heavy atom. The van der Waals surface area contributed by atoms with Crippen LogP contribution in [0.2, 0.25) is 0 Å². The van der Waals surface area contributed by atoms with Gasteiger partial charge in [0, 0.05) is 42.8 Å². The lowest BCUT2D eigenvalue weighted by molar-refractivity contribution is 0.101. The van der Waals surface area contributed by atoms with Gasteiger partial charge in [-0.05, 0) is 55.8 Å². The van der Waals surface area contributed by atoms with Crippen molar-refractivity contribution < 1.29 is 9.18 Å². The van der Waals surface area contributed by atoms with Crippen molar-refractivity contribution >= 4 is 34.5 Å². The molecule has 0 aliphatic carbocycles. The fourth-order valence-electron chi connectivity index (χ4n) is 3.13. The van der Waals surface area contributed by atoms with E-state index in [1.807, 2.05) is 23.7 Å². The molecule has 0 aromatic carbocycles. The number of hydrogen-bond acceptors (Lipinski definition) is 5. The summed E-state index contributed by atoms with van der Waals surface area (Å²) in [7, 11) is 0. The molecule has 4 aromatic heterocycles. The molecular formula is C22H21FN6OS. The molecule has 9 heteroatoms. The van der Waals surface area contributed by atoms with E-state index in [0.717, 1.165) is 17.1 Å². The van der Waals surface area contributed by atoms with Crippen molar-refractivity contribution in [3.8, 4) is 0 Å². The van der Waals surface area contributed by atoms with Crippen LogP contribution in [0.5, 0.6) is 0 Å². The number of nitrogens with zero attached hydrogens (tertiary/aromatic N) is 5. The molecule has 31 heavy (non-hydrogen) atoms. The Labute approximate surface area is 182 Å². The van der Waals surface area contributed by atoms with Crippen molar-refractivity contribution in [1.82, 2.24) is 24.1 Å². The van der Waals surface area contributed by atoms with E-state index in [2.05, 4.69) is 38.7 Å². The first kappa shape index (κ1) is 20.7. The van der Waals surface area contributed by atoms with E-state index in [-0.39, 0.29) is 5.91 Å². The molecule has 0 saturated heterocycles. The van der Waals surface area contributed by atoms with Gasteiger partial charge in [-0.2, -0.15) is 4.39 Å². The average Bonchev–Trinajstić information content (AvgIpc) is 3.47. The number of anilines is 1. The molecule has 7 nitrogen and oxygen atoms in total. The Morgan fingerprint density at radius 2 is 2.10 bits per heavy atom. The molecule has 0 spiro atoms. The Kier molecular flexibility index (Phi) is 6.03. The summed E-state index contributed by atoms with van der Waals surface area (Å²) in [6.45, 7) is 4.55. The van der Waals surface area contributed by atoms with Crippen molar-refractivity contribution in [1.29, 1.82) is 0 Å². The number of imidazole rings is 1. The maximum absolute atomic E-state index is 13.3. The van der Waals surface area contributed by atoms with Crippen LogP contribution in [-0.2, 0) is 6.54 Å². The first-order chi connectivity index (χ1) is 15.0. The number of carbonyl (C=O) groups excluding carboxylic acids is 1. The van der Waals surface area contributed by atoms with Gasteiger partial charge in [0.25, 0.3) is 5.91 Å². The zero-order valence-electron chi connectivity index (χ0n) is 17.1. The molecule has 4 heterocycles. The molecule has 1 N–H and O–H groups in total. The average molecular weight is 437 g/mol. The second-order valence-corrected chi connectivity index (χ2v) is 8.02. The summed E-state index contributed by atoms with van der Waals surface area (Å²) in [5.41, 5.74) is 1.92. The Hall–Kier alpha value is -3.59. The normalized spacial score (nSPS) is 11.5. The number of hydrogen-bond donors (Lipinski definition) is 1. The number of thiazole rings is 1. The van der Waals surface area contributed by atoms with Gasteiger partial charge in [0.15, 0.2) is 5.13 Å². The Morgan fingerprint density at radius 1 is 1.23 bits per heavy atom. The van der Waals surface area contributed by atoms with E-state index in [0.29, 0.717) is 23.4 Å². The molecule has 1 amide bonds. The second kappa shape index (κ2) is 9.05. The standard InChI is InChI=1S/C22H21FN6OS/c1-15(2)29-11-9-25-20(29)6-5-17-14-31-22(26-17)27-21(30)18-4-3-10-28(18)13-16-7-8-24-19(23)12-16/h3-12,14-15H,13H2,1-2H3,(H,26,27,30). The van der Waals surface area contributed by atoms with Crippen LogP contribution in [0.1, 0.15) is 47.5 Å². The number of pyridine rings is 1. The van der Waals surface area contributed by atoms with Crippen LogP contribution in [0.3, 0.4) is 0 Å². The van der Waals surface area contributed by atoms with E-state index >= 15 is 0 Å². The van der Waals surface area contributed by atoms with Crippen molar-refractivity contribution in [2.24, 2.45) is 0 Å². The summed E-state index contributed by atoms with van der Waals surface area (Å²) in [5, 5.41) is 5.20. The minimum absolute atomic E-state index is 0.278. The van der Waals surface area contributed by atoms with Crippen LogP contribution >= 0.6 is 11.3 Å². The number of halogens is 1. The first-order valence-corrected chi connectivity index (χ1v) is 10.6. The monoisotopic (exact) mass is 436 g/mol. The SMILES string of the molecule is CC(C)n1ccnc1C=Cc1csc(NC(=O)c2cccn2Cc2ccnc(F)c2)n1. The first-order valence-electron chi connectivity index (χ1n) is 9.73. The number of aromatic nitrogens is 5. The van der Waals surface area contributed by atoms with Crippen LogP contribution < -0.4 is 5.32 Å². The fourth-order valence-corrected chi connectivity index (χ4v) is 3.80. The van der Waals surface area contributed by atoms with Crippen molar-refractivity contribution in [2.45, 2.75) is 26.4 Å². The largest absolute Gasteiger partial charge is 0.339 e. The zero-order chi connectivity index (χ0) is 21.8. The molecular weight excluding hydrogens is 415 g/mol. The third kappa shape index (κ3) is 4.95. The third-order valence-corrected chi connectivity index (χ3v) is 5.38. The Balaban J connectivity index is 1.43. The van der Waals surface area contributed by atoms with Crippen LogP contribution in [0.15, 0.2) is 54.4 Å². The molecule has 4 rings (SSSR count). The molecule has 0 atom stereocenters. The van der Waals surface area contributed by atoms with Gasteiger partial charge in [0.1, 0.15) is 11.5 Å². The topological polar surface area (TPSA) is 77.6 Å². The lowest BCUT2D eigenvalue weighted by atomic mass is 10.2. The van der Waals surface area contributed by atoms with E-state index in [1.165, 1.54) is 23.6 Å². The number of rotatable bonds is 7.